The molecule has 2 N–H and O–H groups in total. The molecule has 10 rings (SSSR count). The zero-order valence-electron chi connectivity index (χ0n) is 26.4. The smallest absolute Gasteiger partial charge is 0.319 e. The van der Waals surface area contributed by atoms with Gasteiger partial charge in [-0.25, -0.2) is 8.78 Å². The molecule has 0 amide bonds. The predicted molar refractivity (Wildman–Crippen MR) is 176 cm³/mol. The number of halogens is 2. The molecule has 0 radical (unpaired) electrons. The number of benzene rings is 3. The van der Waals surface area contributed by atoms with E-state index in [9.17, 15) is 9.50 Å². The van der Waals surface area contributed by atoms with Gasteiger partial charge < -0.3 is 24.8 Å². The number of morpholine rings is 1. The van der Waals surface area contributed by atoms with Crippen LogP contribution in [-0.4, -0.2) is 83.6 Å². The van der Waals surface area contributed by atoms with E-state index >= 15 is 4.39 Å². The van der Waals surface area contributed by atoms with Crippen molar-refractivity contribution >= 4 is 27.5 Å². The molecule has 3 aromatic carbocycles. The quantitative estimate of drug-likeness (QED) is 0.265. The van der Waals surface area contributed by atoms with Crippen molar-refractivity contribution in [1.29, 1.82) is 0 Å². The predicted octanol–water partition coefficient (Wildman–Crippen LogP) is 5.30. The monoisotopic (exact) mass is 637 g/mol. The molecule has 5 saturated heterocycles. The molecule has 5 aliphatic heterocycles. The van der Waals surface area contributed by atoms with Gasteiger partial charge in [0, 0.05) is 73.0 Å². The number of fused-ring (bicyclic) bond motifs is 6. The van der Waals surface area contributed by atoms with E-state index in [1.54, 1.807) is 6.07 Å². The van der Waals surface area contributed by atoms with Crippen LogP contribution in [0.3, 0.4) is 0 Å². The summed E-state index contributed by atoms with van der Waals surface area (Å²) in [5.74, 6) is 1.86. The van der Waals surface area contributed by atoms with E-state index in [4.69, 9.17) is 25.9 Å². The second-order valence-electron chi connectivity index (χ2n) is 14.4. The van der Waals surface area contributed by atoms with Crippen molar-refractivity contribution in [3.63, 3.8) is 0 Å². The number of aromatic nitrogens is 2. The van der Waals surface area contributed by atoms with Crippen molar-refractivity contribution < 1.29 is 23.4 Å². The largest absolute Gasteiger partial charge is 0.508 e. The third-order valence-electron chi connectivity index (χ3n) is 10.9. The molecular weight excluding hydrogens is 600 g/mol. The number of ether oxygens (including phenoxy) is 2. The van der Waals surface area contributed by atoms with Crippen LogP contribution in [0.5, 0.6) is 11.8 Å². The molecule has 6 aliphatic rings. The molecule has 1 aliphatic carbocycles. The molecule has 4 atom stereocenters. The van der Waals surface area contributed by atoms with E-state index < -0.39 is 11.6 Å². The lowest BCUT2D eigenvalue weighted by Crippen LogP contribution is -2.58. The zero-order chi connectivity index (χ0) is 32.0. The Morgan fingerprint density at radius 2 is 1.83 bits per heavy atom. The van der Waals surface area contributed by atoms with Crippen LogP contribution < -0.4 is 15.0 Å². The Labute approximate surface area is 272 Å². The summed E-state index contributed by atoms with van der Waals surface area (Å²) in [5.41, 5.74) is 1.31. The Hall–Kier alpha value is -4.04. The van der Waals surface area contributed by atoms with Crippen molar-refractivity contribution in [3.8, 4) is 35.2 Å². The second kappa shape index (κ2) is 10.7. The Morgan fingerprint density at radius 3 is 2.53 bits per heavy atom. The summed E-state index contributed by atoms with van der Waals surface area (Å²) in [4.78, 5) is 14.4. The molecule has 10 heteroatoms. The van der Waals surface area contributed by atoms with E-state index in [2.05, 4.69) is 21.0 Å². The molecule has 6 fully saturated rings. The first-order valence-corrected chi connectivity index (χ1v) is 16.7. The molecule has 0 spiro atoms. The number of aryl methyl sites for hydroxylation is 1. The van der Waals surface area contributed by atoms with E-state index in [0.717, 1.165) is 64.8 Å². The lowest BCUT2D eigenvalue weighted by Gasteiger charge is -2.48. The number of nitrogens with zero attached hydrogens (tertiary/aromatic N) is 4. The molecule has 4 bridgehead atoms. The first-order valence-electron chi connectivity index (χ1n) is 16.7. The SMILES string of the molecule is C#Cc1c(F)ccc2cc(O)cc(-c3c(C)cc4c(N5CC6CCC(C5)N6)nc(OCC5(CN6CC7CC(C6)O7)CC5)nc4c3F)c12. The maximum atomic E-state index is 17.1. The fourth-order valence-electron chi connectivity index (χ4n) is 8.47. The van der Waals surface area contributed by atoms with Gasteiger partial charge in [-0.2, -0.15) is 9.97 Å². The van der Waals surface area contributed by atoms with Crippen LogP contribution in [-0.2, 0) is 4.74 Å². The van der Waals surface area contributed by atoms with Gasteiger partial charge in [-0.1, -0.05) is 12.0 Å². The Bertz CT molecular complexity index is 1960. The number of hydrogen-bond donors (Lipinski definition) is 2. The fraction of sp³-hybridized carbons (Fsp3) is 0.459. The third-order valence-corrected chi connectivity index (χ3v) is 10.9. The fourth-order valence-corrected chi connectivity index (χ4v) is 8.47. The Kier molecular flexibility index (Phi) is 6.66. The van der Waals surface area contributed by atoms with Crippen LogP contribution >= 0.6 is 0 Å². The van der Waals surface area contributed by atoms with E-state index in [1.165, 1.54) is 18.2 Å². The molecule has 1 aromatic heterocycles. The van der Waals surface area contributed by atoms with Gasteiger partial charge in [-0.05, 0) is 73.4 Å². The number of terminal acetylenes is 1. The molecule has 8 nitrogen and oxygen atoms in total. The third kappa shape index (κ3) is 4.98. The number of rotatable bonds is 7. The lowest BCUT2D eigenvalue weighted by molar-refractivity contribution is -0.183. The second-order valence-corrected chi connectivity index (χ2v) is 14.4. The van der Waals surface area contributed by atoms with Crippen LogP contribution in [0, 0.1) is 36.3 Å². The highest BCUT2D eigenvalue weighted by Gasteiger charge is 2.48. The van der Waals surface area contributed by atoms with Gasteiger partial charge in [0.1, 0.15) is 22.9 Å². The average molecular weight is 638 g/mol. The van der Waals surface area contributed by atoms with Gasteiger partial charge in [-0.15, -0.1) is 6.42 Å². The van der Waals surface area contributed by atoms with Gasteiger partial charge in [-0.3, -0.25) is 4.90 Å². The number of anilines is 1. The maximum absolute atomic E-state index is 17.1. The summed E-state index contributed by atoms with van der Waals surface area (Å²) in [6.45, 7) is 6.66. The number of aromatic hydroxyl groups is 1. The van der Waals surface area contributed by atoms with Crippen molar-refractivity contribution in [2.24, 2.45) is 5.41 Å². The van der Waals surface area contributed by atoms with Crippen LogP contribution in [0.25, 0.3) is 32.8 Å². The van der Waals surface area contributed by atoms with Gasteiger partial charge in [0.25, 0.3) is 0 Å². The molecule has 4 aromatic rings. The van der Waals surface area contributed by atoms with Crippen molar-refractivity contribution in [2.75, 3.05) is 44.2 Å². The standard InChI is InChI=1S/C37H37F2N5O3/c1-3-27-30(38)7-4-21-11-24(45)12-28(32(21)27)31-20(2)10-29-34(33(31)39)41-36(42-35(29)44-14-22-5-6-23(15-44)40-22)46-19-37(8-9-37)18-43-16-25-13-26(17-43)47-25/h1,4,7,10-12,22-23,25-26,40,45H,5-6,8-9,13-19H2,2H3. The van der Waals surface area contributed by atoms with Crippen LogP contribution in [0.15, 0.2) is 30.3 Å². The summed E-state index contributed by atoms with van der Waals surface area (Å²) in [5, 5.41) is 15.8. The number of phenolic OH excluding ortho intramolecular Hbond substituents is 1. The van der Waals surface area contributed by atoms with Crippen LogP contribution in [0.4, 0.5) is 14.6 Å². The highest BCUT2D eigenvalue weighted by atomic mass is 19.1. The maximum Gasteiger partial charge on any atom is 0.319 e. The number of hydrogen-bond acceptors (Lipinski definition) is 8. The van der Waals surface area contributed by atoms with E-state index in [1.807, 2.05) is 13.0 Å². The topological polar surface area (TPSA) is 83.0 Å². The first-order chi connectivity index (χ1) is 22.8. The first kappa shape index (κ1) is 29.1. The minimum absolute atomic E-state index is 0.0207. The minimum atomic E-state index is -0.584. The van der Waals surface area contributed by atoms with Gasteiger partial charge in [0.15, 0.2) is 5.82 Å². The number of piperidine rings is 1. The summed E-state index contributed by atoms with van der Waals surface area (Å²) in [6, 6.07) is 8.50. The summed E-state index contributed by atoms with van der Waals surface area (Å²) < 4.78 is 44.3. The van der Waals surface area contributed by atoms with Gasteiger partial charge >= 0.3 is 6.01 Å². The van der Waals surface area contributed by atoms with E-state index in [0.29, 0.717) is 64.0 Å². The lowest BCUT2D eigenvalue weighted by atomic mass is 9.90. The normalized spacial score (nSPS) is 26.0. The molecule has 4 unspecified atom stereocenters. The van der Waals surface area contributed by atoms with Crippen molar-refractivity contribution in [3.05, 3.63) is 53.1 Å². The van der Waals surface area contributed by atoms with Gasteiger partial charge in [0.05, 0.1) is 24.4 Å². The Balaban J connectivity index is 1.14. The van der Waals surface area contributed by atoms with Crippen LogP contribution in [0.1, 0.15) is 43.2 Å². The zero-order valence-corrected chi connectivity index (χ0v) is 26.4. The molecule has 47 heavy (non-hydrogen) atoms. The van der Waals surface area contributed by atoms with Crippen molar-refractivity contribution in [2.45, 2.75) is 63.3 Å². The molecule has 1 saturated carbocycles. The van der Waals surface area contributed by atoms with Gasteiger partial charge in [0.2, 0.25) is 0 Å². The molecule has 6 heterocycles. The summed E-state index contributed by atoms with van der Waals surface area (Å²) in [7, 11) is 0. The highest BCUT2D eigenvalue weighted by molar-refractivity contribution is 6.05. The van der Waals surface area contributed by atoms with Crippen LogP contribution in [0.2, 0.25) is 0 Å². The number of piperazine rings is 1. The highest BCUT2D eigenvalue weighted by Crippen LogP contribution is 2.48. The minimum Gasteiger partial charge on any atom is -0.508 e. The average Bonchev–Trinajstić information content (AvgIpc) is 3.72. The summed E-state index contributed by atoms with van der Waals surface area (Å²) >= 11 is 0. The molecule has 242 valence electrons. The van der Waals surface area contributed by atoms with E-state index in [-0.39, 0.29) is 33.8 Å². The van der Waals surface area contributed by atoms with Crippen molar-refractivity contribution in [1.82, 2.24) is 20.2 Å². The number of phenols is 1. The molecular formula is C37H37F2N5O3. The summed E-state index contributed by atoms with van der Waals surface area (Å²) in [6.07, 6.45) is 11.9. The Morgan fingerprint density at radius 1 is 1.09 bits per heavy atom. The number of nitrogens with one attached hydrogen (secondary N) is 1.